The Bertz CT molecular complexity index is 1070. The van der Waals surface area contributed by atoms with E-state index in [0.29, 0.717) is 11.3 Å². The summed E-state index contributed by atoms with van der Waals surface area (Å²) >= 11 is 0. The lowest BCUT2D eigenvalue weighted by atomic mass is 9.72. The summed E-state index contributed by atoms with van der Waals surface area (Å²) in [5.41, 5.74) is -1.07. The monoisotopic (exact) mass is 411 g/mol. The molecule has 154 valence electrons. The summed E-state index contributed by atoms with van der Waals surface area (Å²) in [4.78, 5) is 4.28. The lowest BCUT2D eigenvalue weighted by Gasteiger charge is -2.32. The SMILES string of the molecule is CC1(C)OB(c2c(F)c(F)c(F)c(-c3ccccc3)c2-c2ccccn2)OC1(C)C. The van der Waals surface area contributed by atoms with Gasteiger partial charge >= 0.3 is 7.12 Å². The first kappa shape index (κ1) is 20.6. The fourth-order valence-electron chi connectivity index (χ4n) is 3.51. The first-order chi connectivity index (χ1) is 14.1. The second-order valence-electron chi connectivity index (χ2n) is 8.27. The second-order valence-corrected chi connectivity index (χ2v) is 8.27. The molecule has 1 aromatic heterocycles. The average molecular weight is 411 g/mol. The van der Waals surface area contributed by atoms with Crippen LogP contribution in [0.25, 0.3) is 22.4 Å². The minimum Gasteiger partial charge on any atom is -0.399 e. The Morgan fingerprint density at radius 3 is 1.90 bits per heavy atom. The van der Waals surface area contributed by atoms with Gasteiger partial charge in [-0.05, 0) is 45.4 Å². The molecule has 0 saturated carbocycles. The zero-order valence-electron chi connectivity index (χ0n) is 17.2. The zero-order chi connectivity index (χ0) is 21.7. The van der Waals surface area contributed by atoms with E-state index in [0.717, 1.165) is 0 Å². The first-order valence-electron chi connectivity index (χ1n) is 9.67. The van der Waals surface area contributed by atoms with Crippen molar-refractivity contribution in [3.8, 4) is 22.4 Å². The predicted molar refractivity (Wildman–Crippen MR) is 111 cm³/mol. The van der Waals surface area contributed by atoms with Gasteiger partial charge in [0.05, 0.1) is 16.9 Å². The topological polar surface area (TPSA) is 31.4 Å². The first-order valence-corrected chi connectivity index (χ1v) is 9.67. The van der Waals surface area contributed by atoms with Gasteiger partial charge in [0.2, 0.25) is 0 Å². The van der Waals surface area contributed by atoms with Gasteiger partial charge in [0.25, 0.3) is 0 Å². The zero-order valence-corrected chi connectivity index (χ0v) is 17.2. The molecule has 3 nitrogen and oxygen atoms in total. The Balaban J connectivity index is 2.07. The van der Waals surface area contributed by atoms with Gasteiger partial charge in [0.1, 0.15) is 0 Å². The molecule has 0 spiro atoms. The van der Waals surface area contributed by atoms with Crippen LogP contribution in [0.15, 0.2) is 54.7 Å². The number of halogens is 3. The average Bonchev–Trinajstić information content (AvgIpc) is 2.94. The fourth-order valence-corrected chi connectivity index (χ4v) is 3.51. The summed E-state index contributed by atoms with van der Waals surface area (Å²) in [6.07, 6.45) is 1.51. The molecule has 1 saturated heterocycles. The number of rotatable bonds is 3. The van der Waals surface area contributed by atoms with Crippen molar-refractivity contribution in [2.75, 3.05) is 0 Å². The van der Waals surface area contributed by atoms with E-state index < -0.39 is 35.8 Å². The van der Waals surface area contributed by atoms with E-state index in [-0.39, 0.29) is 16.6 Å². The van der Waals surface area contributed by atoms with Gasteiger partial charge in [0.15, 0.2) is 17.5 Å². The minimum atomic E-state index is -1.57. The molecule has 30 heavy (non-hydrogen) atoms. The molecule has 4 rings (SSSR count). The standard InChI is InChI=1S/C23H21BF3NO2/c1-22(2)23(3,4)30-24(29-22)18-17(15-12-8-9-13-28-15)16(14-10-6-5-7-11-14)19(25)21(27)20(18)26/h5-13H,1-4H3. The van der Waals surface area contributed by atoms with E-state index in [4.69, 9.17) is 9.31 Å². The molecule has 0 radical (unpaired) electrons. The number of aromatic nitrogens is 1. The highest BCUT2D eigenvalue weighted by Gasteiger charge is 2.54. The van der Waals surface area contributed by atoms with Gasteiger partial charge < -0.3 is 9.31 Å². The van der Waals surface area contributed by atoms with Crippen molar-refractivity contribution in [3.05, 3.63) is 72.2 Å². The number of nitrogens with zero attached hydrogens (tertiary/aromatic N) is 1. The van der Waals surface area contributed by atoms with Crippen LogP contribution in [0.5, 0.6) is 0 Å². The molecule has 0 aliphatic carbocycles. The maximum atomic E-state index is 15.3. The van der Waals surface area contributed by atoms with Crippen LogP contribution in [0.2, 0.25) is 0 Å². The fraction of sp³-hybridized carbons (Fsp3) is 0.261. The highest BCUT2D eigenvalue weighted by molar-refractivity contribution is 6.64. The molecule has 7 heteroatoms. The van der Waals surface area contributed by atoms with Crippen LogP contribution in [0.1, 0.15) is 27.7 Å². The summed E-state index contributed by atoms with van der Waals surface area (Å²) < 4.78 is 57.2. The van der Waals surface area contributed by atoms with E-state index >= 15 is 8.78 Å². The van der Waals surface area contributed by atoms with Gasteiger partial charge in [0, 0.05) is 22.8 Å². The van der Waals surface area contributed by atoms with Crippen molar-refractivity contribution in [2.24, 2.45) is 0 Å². The molecule has 1 fully saturated rings. The summed E-state index contributed by atoms with van der Waals surface area (Å²) in [6.45, 7) is 7.24. The minimum absolute atomic E-state index is 0.0853. The molecule has 0 unspecified atom stereocenters. The molecular formula is C23H21BF3NO2. The number of pyridine rings is 1. The third-order valence-corrected chi connectivity index (χ3v) is 5.83. The Hall–Kier alpha value is -2.64. The van der Waals surface area contributed by atoms with Gasteiger partial charge in [-0.3, -0.25) is 4.98 Å². The highest BCUT2D eigenvalue weighted by atomic mass is 19.2. The lowest BCUT2D eigenvalue weighted by molar-refractivity contribution is 0.00578. The van der Waals surface area contributed by atoms with Crippen LogP contribution in [0.4, 0.5) is 13.2 Å². The maximum Gasteiger partial charge on any atom is 0.498 e. The Kier molecular flexibility index (Phi) is 4.99. The van der Waals surface area contributed by atoms with Gasteiger partial charge in [-0.1, -0.05) is 36.4 Å². The molecule has 2 aromatic carbocycles. The largest absolute Gasteiger partial charge is 0.498 e. The van der Waals surface area contributed by atoms with Gasteiger partial charge in [-0.2, -0.15) is 0 Å². The van der Waals surface area contributed by atoms with Crippen molar-refractivity contribution in [1.29, 1.82) is 0 Å². The smallest absolute Gasteiger partial charge is 0.399 e. The van der Waals surface area contributed by atoms with Crippen LogP contribution in [0, 0.1) is 17.5 Å². The van der Waals surface area contributed by atoms with Crippen molar-refractivity contribution >= 4 is 12.6 Å². The molecule has 0 N–H and O–H groups in total. The third kappa shape index (κ3) is 3.22. The van der Waals surface area contributed by atoms with Crippen LogP contribution < -0.4 is 5.46 Å². The lowest BCUT2D eigenvalue weighted by Crippen LogP contribution is -2.41. The summed E-state index contributed by atoms with van der Waals surface area (Å²) in [7, 11) is -1.23. The number of benzene rings is 2. The molecule has 0 amide bonds. The summed E-state index contributed by atoms with van der Waals surface area (Å²) in [6, 6.07) is 13.4. The molecule has 0 bridgehead atoms. The number of hydrogen-bond donors (Lipinski definition) is 0. The van der Waals surface area contributed by atoms with Crippen LogP contribution in [-0.4, -0.2) is 23.3 Å². The number of hydrogen-bond acceptors (Lipinski definition) is 3. The highest BCUT2D eigenvalue weighted by Crippen LogP contribution is 2.40. The van der Waals surface area contributed by atoms with Crippen LogP contribution in [-0.2, 0) is 9.31 Å². The van der Waals surface area contributed by atoms with Crippen molar-refractivity contribution in [2.45, 2.75) is 38.9 Å². The maximum absolute atomic E-state index is 15.3. The van der Waals surface area contributed by atoms with Crippen LogP contribution >= 0.6 is 0 Å². The Morgan fingerprint density at radius 2 is 1.33 bits per heavy atom. The van der Waals surface area contributed by atoms with E-state index in [1.807, 2.05) is 27.7 Å². The van der Waals surface area contributed by atoms with Crippen molar-refractivity contribution in [3.63, 3.8) is 0 Å². The molecular weight excluding hydrogens is 390 g/mol. The van der Waals surface area contributed by atoms with Gasteiger partial charge in [-0.15, -0.1) is 0 Å². The van der Waals surface area contributed by atoms with E-state index in [2.05, 4.69) is 4.98 Å². The molecule has 2 heterocycles. The van der Waals surface area contributed by atoms with E-state index in [1.54, 1.807) is 48.5 Å². The van der Waals surface area contributed by atoms with E-state index in [1.165, 1.54) is 6.20 Å². The molecule has 1 aliphatic rings. The summed E-state index contributed by atoms with van der Waals surface area (Å²) in [5, 5.41) is 0. The normalized spacial score (nSPS) is 17.4. The quantitative estimate of drug-likeness (QED) is 0.442. The molecule has 3 aromatic rings. The summed E-state index contributed by atoms with van der Waals surface area (Å²) in [5.74, 6) is -4.19. The third-order valence-electron chi connectivity index (χ3n) is 5.83. The second kappa shape index (κ2) is 7.25. The Labute approximate surface area is 174 Å². The van der Waals surface area contributed by atoms with Crippen molar-refractivity contribution < 1.29 is 22.5 Å². The Morgan fingerprint density at radius 1 is 0.733 bits per heavy atom. The van der Waals surface area contributed by atoms with E-state index in [9.17, 15) is 4.39 Å². The molecule has 1 aliphatic heterocycles. The van der Waals surface area contributed by atoms with Crippen molar-refractivity contribution in [1.82, 2.24) is 4.98 Å². The van der Waals surface area contributed by atoms with Gasteiger partial charge in [-0.25, -0.2) is 13.2 Å². The van der Waals surface area contributed by atoms with Crippen LogP contribution in [0.3, 0.4) is 0 Å². The predicted octanol–water partition coefficient (Wildman–Crippen LogP) is 5.13. The molecule has 0 atom stereocenters.